The number of aliphatic hydroxyl groups excluding tert-OH is 1. The Hall–Kier alpha value is -1.94. The predicted molar refractivity (Wildman–Crippen MR) is 64.7 cm³/mol. The molecule has 0 bridgehead atoms. The van der Waals surface area contributed by atoms with Crippen LogP contribution in [0.15, 0.2) is 36.5 Å². The van der Waals surface area contributed by atoms with E-state index in [1.807, 2.05) is 30.3 Å². The van der Waals surface area contributed by atoms with Crippen LogP contribution in [0.3, 0.4) is 0 Å². The van der Waals surface area contributed by atoms with Crippen molar-refractivity contribution in [2.24, 2.45) is 0 Å². The first-order chi connectivity index (χ1) is 8.25. The summed E-state index contributed by atoms with van der Waals surface area (Å²) in [7, 11) is 0. The lowest BCUT2D eigenvalue weighted by Crippen LogP contribution is -2.25. The van der Waals surface area contributed by atoms with E-state index >= 15 is 0 Å². The van der Waals surface area contributed by atoms with E-state index in [2.05, 4.69) is 4.98 Å². The number of hydrogen-bond acceptors (Lipinski definition) is 3. The number of β-amino-alcohol motifs (C(OH)–C–C–N with tert-alkyl or cyclic N) is 1. The van der Waals surface area contributed by atoms with Crippen LogP contribution in [0, 0.1) is 0 Å². The number of hydrogen-bond donors (Lipinski definition) is 1. The molecule has 1 atom stereocenters. The van der Waals surface area contributed by atoms with Crippen LogP contribution in [0.25, 0.3) is 10.9 Å². The minimum Gasteiger partial charge on any atom is -0.391 e. The van der Waals surface area contributed by atoms with Crippen molar-refractivity contribution in [2.45, 2.75) is 12.5 Å². The van der Waals surface area contributed by atoms with Crippen LogP contribution in [-0.4, -0.2) is 28.6 Å². The van der Waals surface area contributed by atoms with Gasteiger partial charge in [-0.2, -0.15) is 0 Å². The van der Waals surface area contributed by atoms with E-state index in [0.29, 0.717) is 6.54 Å². The van der Waals surface area contributed by atoms with Crippen LogP contribution < -0.4 is 4.90 Å². The van der Waals surface area contributed by atoms with Gasteiger partial charge in [-0.1, -0.05) is 6.07 Å². The molecule has 1 aromatic heterocycles. The number of carbonyl (C=O) groups is 1. The molecule has 1 aromatic carbocycles. The highest BCUT2D eigenvalue weighted by Crippen LogP contribution is 2.28. The van der Waals surface area contributed by atoms with Crippen LogP contribution in [0.4, 0.5) is 5.69 Å². The molecule has 17 heavy (non-hydrogen) atoms. The molecular weight excluding hydrogens is 216 g/mol. The summed E-state index contributed by atoms with van der Waals surface area (Å²) in [5.41, 5.74) is 1.69. The molecule has 1 aliphatic heterocycles. The lowest BCUT2D eigenvalue weighted by molar-refractivity contribution is -0.117. The summed E-state index contributed by atoms with van der Waals surface area (Å²) in [4.78, 5) is 17.7. The molecule has 86 valence electrons. The highest BCUT2D eigenvalue weighted by molar-refractivity contribution is 6.04. The Morgan fingerprint density at radius 3 is 2.94 bits per heavy atom. The van der Waals surface area contributed by atoms with Crippen LogP contribution in [0.2, 0.25) is 0 Å². The number of fused-ring (bicyclic) bond motifs is 1. The van der Waals surface area contributed by atoms with Crippen molar-refractivity contribution < 1.29 is 9.90 Å². The number of amides is 1. The molecule has 1 fully saturated rings. The lowest BCUT2D eigenvalue weighted by Gasteiger charge is -2.17. The van der Waals surface area contributed by atoms with Gasteiger partial charge in [-0.15, -0.1) is 0 Å². The summed E-state index contributed by atoms with van der Waals surface area (Å²) in [5.74, 6) is -0.0335. The second-order valence-corrected chi connectivity index (χ2v) is 4.21. The zero-order valence-corrected chi connectivity index (χ0v) is 9.21. The normalized spacial score (nSPS) is 20.2. The van der Waals surface area contributed by atoms with E-state index in [-0.39, 0.29) is 12.3 Å². The number of rotatable bonds is 1. The van der Waals surface area contributed by atoms with E-state index in [1.54, 1.807) is 11.1 Å². The van der Waals surface area contributed by atoms with Gasteiger partial charge in [-0.3, -0.25) is 9.78 Å². The fourth-order valence-corrected chi connectivity index (χ4v) is 2.24. The summed E-state index contributed by atoms with van der Waals surface area (Å²) in [6.45, 7) is 0.368. The molecule has 2 heterocycles. The maximum Gasteiger partial charge on any atom is 0.229 e. The molecule has 2 aromatic rings. The summed E-state index contributed by atoms with van der Waals surface area (Å²) in [6, 6.07) is 9.47. The smallest absolute Gasteiger partial charge is 0.229 e. The summed E-state index contributed by atoms with van der Waals surface area (Å²) < 4.78 is 0. The first kappa shape index (κ1) is 10.2. The Morgan fingerprint density at radius 2 is 2.18 bits per heavy atom. The van der Waals surface area contributed by atoms with Crippen LogP contribution in [0.5, 0.6) is 0 Å². The largest absolute Gasteiger partial charge is 0.391 e. The van der Waals surface area contributed by atoms with Gasteiger partial charge in [0.05, 0.1) is 30.3 Å². The van der Waals surface area contributed by atoms with Gasteiger partial charge in [0, 0.05) is 11.6 Å². The Kier molecular flexibility index (Phi) is 2.30. The molecule has 4 heteroatoms. The van der Waals surface area contributed by atoms with Crippen molar-refractivity contribution in [1.29, 1.82) is 0 Å². The molecule has 1 aliphatic rings. The zero-order chi connectivity index (χ0) is 11.8. The van der Waals surface area contributed by atoms with E-state index in [4.69, 9.17) is 0 Å². The second-order valence-electron chi connectivity index (χ2n) is 4.21. The molecule has 0 saturated carbocycles. The van der Waals surface area contributed by atoms with Crippen LogP contribution in [-0.2, 0) is 4.79 Å². The summed E-state index contributed by atoms with van der Waals surface area (Å²) >= 11 is 0. The van der Waals surface area contributed by atoms with Crippen molar-refractivity contribution in [3.05, 3.63) is 36.5 Å². The molecule has 1 unspecified atom stereocenters. The predicted octanol–water partition coefficient (Wildman–Crippen LogP) is 1.33. The topological polar surface area (TPSA) is 53.4 Å². The van der Waals surface area contributed by atoms with Gasteiger partial charge in [0.2, 0.25) is 5.91 Å². The Morgan fingerprint density at radius 1 is 1.29 bits per heavy atom. The molecule has 0 radical (unpaired) electrons. The second kappa shape index (κ2) is 3.82. The van der Waals surface area contributed by atoms with Gasteiger partial charge < -0.3 is 10.0 Å². The molecule has 1 saturated heterocycles. The van der Waals surface area contributed by atoms with Crippen molar-refractivity contribution in [1.82, 2.24) is 4.98 Å². The number of pyridine rings is 1. The fraction of sp³-hybridized carbons (Fsp3) is 0.231. The van der Waals surface area contributed by atoms with E-state index in [0.717, 1.165) is 16.6 Å². The van der Waals surface area contributed by atoms with Gasteiger partial charge in [0.15, 0.2) is 0 Å². The van der Waals surface area contributed by atoms with Gasteiger partial charge in [0.1, 0.15) is 0 Å². The summed E-state index contributed by atoms with van der Waals surface area (Å²) in [6.07, 6.45) is 1.37. The van der Waals surface area contributed by atoms with Gasteiger partial charge >= 0.3 is 0 Å². The molecular formula is C13H12N2O2. The van der Waals surface area contributed by atoms with Gasteiger partial charge in [-0.05, 0) is 24.3 Å². The molecule has 3 rings (SSSR count). The zero-order valence-electron chi connectivity index (χ0n) is 9.21. The van der Waals surface area contributed by atoms with E-state index in [9.17, 15) is 9.90 Å². The Bertz CT molecular complexity index is 577. The SMILES string of the molecule is O=C1CC(O)CN1c1cccc2ncccc12. The van der Waals surface area contributed by atoms with E-state index < -0.39 is 6.10 Å². The molecule has 0 spiro atoms. The molecule has 4 nitrogen and oxygen atoms in total. The Balaban J connectivity index is 2.14. The maximum atomic E-state index is 11.8. The standard InChI is InChI=1S/C13H12N2O2/c16-9-7-13(17)15(8-9)12-5-1-4-11-10(12)3-2-6-14-11/h1-6,9,16H,7-8H2. The highest BCUT2D eigenvalue weighted by Gasteiger charge is 2.29. The quantitative estimate of drug-likeness (QED) is 0.801. The minimum absolute atomic E-state index is 0.0335. The molecule has 1 amide bonds. The minimum atomic E-state index is -0.561. The number of benzene rings is 1. The first-order valence-electron chi connectivity index (χ1n) is 5.58. The van der Waals surface area contributed by atoms with Crippen molar-refractivity contribution in [3.63, 3.8) is 0 Å². The van der Waals surface area contributed by atoms with Gasteiger partial charge in [0.25, 0.3) is 0 Å². The fourth-order valence-electron chi connectivity index (χ4n) is 2.24. The highest BCUT2D eigenvalue weighted by atomic mass is 16.3. The number of aromatic nitrogens is 1. The monoisotopic (exact) mass is 228 g/mol. The number of carbonyl (C=O) groups excluding carboxylic acids is 1. The third-order valence-electron chi connectivity index (χ3n) is 3.02. The first-order valence-corrected chi connectivity index (χ1v) is 5.58. The third kappa shape index (κ3) is 1.66. The lowest BCUT2D eigenvalue weighted by atomic mass is 10.1. The third-order valence-corrected chi connectivity index (χ3v) is 3.02. The van der Waals surface area contributed by atoms with Gasteiger partial charge in [-0.25, -0.2) is 0 Å². The summed E-state index contributed by atoms with van der Waals surface area (Å²) in [5, 5.41) is 10.5. The number of aliphatic hydroxyl groups is 1. The van der Waals surface area contributed by atoms with Crippen molar-refractivity contribution in [2.75, 3.05) is 11.4 Å². The number of anilines is 1. The van der Waals surface area contributed by atoms with E-state index in [1.165, 1.54) is 0 Å². The molecule has 1 N–H and O–H groups in total. The van der Waals surface area contributed by atoms with Crippen LogP contribution >= 0.6 is 0 Å². The average molecular weight is 228 g/mol. The van der Waals surface area contributed by atoms with Crippen molar-refractivity contribution >= 4 is 22.5 Å². The van der Waals surface area contributed by atoms with Crippen LogP contribution in [0.1, 0.15) is 6.42 Å². The number of nitrogens with zero attached hydrogens (tertiary/aromatic N) is 2. The average Bonchev–Trinajstić information content (AvgIpc) is 2.68. The molecule has 0 aliphatic carbocycles. The Labute approximate surface area is 98.5 Å². The van der Waals surface area contributed by atoms with Crippen molar-refractivity contribution in [3.8, 4) is 0 Å². The maximum absolute atomic E-state index is 11.8.